The molecule has 0 radical (unpaired) electrons. The number of nitrogens with zero attached hydrogens (tertiary/aromatic N) is 2. The lowest BCUT2D eigenvalue weighted by molar-refractivity contribution is -0.135. The molecule has 2 saturated heterocycles. The lowest BCUT2D eigenvalue weighted by Gasteiger charge is -2.37. The van der Waals surface area contributed by atoms with Gasteiger partial charge in [0.05, 0.1) is 24.5 Å². The van der Waals surface area contributed by atoms with Crippen molar-refractivity contribution in [2.24, 2.45) is 5.92 Å². The molecule has 2 heterocycles. The van der Waals surface area contributed by atoms with Crippen LogP contribution in [-0.4, -0.2) is 64.0 Å². The first kappa shape index (κ1) is 16.1. The minimum absolute atomic E-state index is 0.000422. The third-order valence-corrected chi connectivity index (χ3v) is 6.38. The molecule has 1 atom stereocenters. The summed E-state index contributed by atoms with van der Waals surface area (Å²) >= 11 is 0. The van der Waals surface area contributed by atoms with Crippen molar-refractivity contribution in [3.8, 4) is 5.75 Å². The second-order valence-electron chi connectivity index (χ2n) is 6.11. The average Bonchev–Trinajstić information content (AvgIpc) is 2.94. The van der Waals surface area contributed by atoms with Gasteiger partial charge in [0, 0.05) is 31.9 Å². The maximum atomic E-state index is 12.4. The van der Waals surface area contributed by atoms with Gasteiger partial charge in [0.15, 0.2) is 9.84 Å². The molecule has 1 aromatic rings. The van der Waals surface area contributed by atoms with Crippen molar-refractivity contribution in [2.75, 3.05) is 49.7 Å². The molecule has 2 aliphatic rings. The minimum atomic E-state index is -3.01. The Kier molecular flexibility index (Phi) is 4.48. The van der Waals surface area contributed by atoms with Crippen molar-refractivity contribution >= 4 is 21.4 Å². The zero-order chi connectivity index (χ0) is 16.4. The second-order valence-corrected chi connectivity index (χ2v) is 8.34. The van der Waals surface area contributed by atoms with E-state index < -0.39 is 9.84 Å². The molecule has 0 aromatic heterocycles. The smallest absolute Gasteiger partial charge is 0.226 e. The summed E-state index contributed by atoms with van der Waals surface area (Å²) in [6, 6.07) is 7.88. The van der Waals surface area contributed by atoms with Crippen LogP contribution in [0.4, 0.5) is 5.69 Å². The van der Waals surface area contributed by atoms with Crippen LogP contribution in [0.2, 0.25) is 0 Å². The first-order valence-corrected chi connectivity index (χ1v) is 9.69. The topological polar surface area (TPSA) is 66.9 Å². The van der Waals surface area contributed by atoms with Crippen LogP contribution in [0.3, 0.4) is 0 Å². The van der Waals surface area contributed by atoms with Crippen LogP contribution in [0.25, 0.3) is 0 Å². The molecule has 0 spiro atoms. The van der Waals surface area contributed by atoms with E-state index in [-0.39, 0.29) is 23.3 Å². The van der Waals surface area contributed by atoms with Gasteiger partial charge in [-0.15, -0.1) is 0 Å². The summed E-state index contributed by atoms with van der Waals surface area (Å²) in [5, 5.41) is 0. The van der Waals surface area contributed by atoms with Crippen molar-refractivity contribution in [3.05, 3.63) is 24.3 Å². The van der Waals surface area contributed by atoms with E-state index in [9.17, 15) is 13.2 Å². The Morgan fingerprint density at radius 3 is 2.30 bits per heavy atom. The third kappa shape index (κ3) is 3.60. The van der Waals surface area contributed by atoms with Crippen molar-refractivity contribution in [1.82, 2.24) is 4.90 Å². The fraction of sp³-hybridized carbons (Fsp3) is 0.562. The van der Waals surface area contributed by atoms with Crippen LogP contribution in [0.15, 0.2) is 24.3 Å². The van der Waals surface area contributed by atoms with Gasteiger partial charge in [0.1, 0.15) is 5.75 Å². The average molecular weight is 338 g/mol. The highest BCUT2D eigenvalue weighted by Crippen LogP contribution is 2.23. The number of rotatable bonds is 3. The quantitative estimate of drug-likeness (QED) is 0.815. The molecule has 1 amide bonds. The predicted octanol–water partition coefficient (Wildman–Crippen LogP) is 0.778. The molecule has 2 fully saturated rings. The summed E-state index contributed by atoms with van der Waals surface area (Å²) in [6.07, 6.45) is 0.472. The van der Waals surface area contributed by atoms with Gasteiger partial charge in [-0.2, -0.15) is 0 Å². The van der Waals surface area contributed by atoms with Gasteiger partial charge in [0.2, 0.25) is 5.91 Å². The number of sulfone groups is 1. The highest BCUT2D eigenvalue weighted by atomic mass is 32.2. The Hall–Kier alpha value is -1.76. The first-order chi connectivity index (χ1) is 11.0. The van der Waals surface area contributed by atoms with Crippen LogP contribution >= 0.6 is 0 Å². The summed E-state index contributed by atoms with van der Waals surface area (Å²) in [5.41, 5.74) is 1.11. The number of benzene rings is 1. The Labute approximate surface area is 136 Å². The molecule has 1 aromatic carbocycles. The first-order valence-electron chi connectivity index (χ1n) is 7.87. The molecule has 6 nitrogen and oxygen atoms in total. The third-order valence-electron chi connectivity index (χ3n) is 4.61. The van der Waals surface area contributed by atoms with E-state index in [1.54, 1.807) is 7.11 Å². The highest BCUT2D eigenvalue weighted by molar-refractivity contribution is 7.91. The van der Waals surface area contributed by atoms with Crippen LogP contribution in [0.5, 0.6) is 5.75 Å². The number of ether oxygens (including phenoxy) is 1. The molecule has 126 valence electrons. The molecule has 3 rings (SSSR count). The van der Waals surface area contributed by atoms with Gasteiger partial charge < -0.3 is 14.5 Å². The molecule has 2 aliphatic heterocycles. The number of hydrogen-bond donors (Lipinski definition) is 0. The number of hydrogen-bond acceptors (Lipinski definition) is 5. The van der Waals surface area contributed by atoms with E-state index in [1.165, 1.54) is 0 Å². The maximum Gasteiger partial charge on any atom is 0.226 e. The van der Waals surface area contributed by atoms with Gasteiger partial charge >= 0.3 is 0 Å². The minimum Gasteiger partial charge on any atom is -0.497 e. The fourth-order valence-electron chi connectivity index (χ4n) is 3.23. The SMILES string of the molecule is COc1ccc(N2CCN(C(=O)[C@@H]3CCS(=O)(=O)C3)CC2)cc1. The van der Waals surface area contributed by atoms with Gasteiger partial charge in [-0.3, -0.25) is 4.79 Å². The molecule has 7 heteroatoms. The summed E-state index contributed by atoms with van der Waals surface area (Å²) in [4.78, 5) is 16.5. The van der Waals surface area contributed by atoms with E-state index >= 15 is 0 Å². The second kappa shape index (κ2) is 6.39. The van der Waals surface area contributed by atoms with Crippen molar-refractivity contribution in [3.63, 3.8) is 0 Å². The predicted molar refractivity (Wildman–Crippen MR) is 88.5 cm³/mol. The molecule has 0 aliphatic carbocycles. The van der Waals surface area contributed by atoms with E-state index in [4.69, 9.17) is 4.74 Å². The number of piperazine rings is 1. The Morgan fingerprint density at radius 2 is 1.78 bits per heavy atom. The molecule has 0 bridgehead atoms. The Morgan fingerprint density at radius 1 is 1.13 bits per heavy atom. The summed E-state index contributed by atoms with van der Waals surface area (Å²) in [5.74, 6) is 0.651. The van der Waals surface area contributed by atoms with Crippen molar-refractivity contribution in [1.29, 1.82) is 0 Å². The van der Waals surface area contributed by atoms with E-state index in [1.807, 2.05) is 29.2 Å². The largest absolute Gasteiger partial charge is 0.497 e. The van der Waals surface area contributed by atoms with Crippen molar-refractivity contribution < 1.29 is 17.9 Å². The van der Waals surface area contributed by atoms with Gasteiger partial charge in [-0.05, 0) is 30.7 Å². The summed E-state index contributed by atoms with van der Waals surface area (Å²) in [6.45, 7) is 2.80. The zero-order valence-corrected chi connectivity index (χ0v) is 14.1. The molecule has 0 N–H and O–H groups in total. The fourth-order valence-corrected chi connectivity index (χ4v) is 4.96. The lowest BCUT2D eigenvalue weighted by Crippen LogP contribution is -2.50. The number of carbonyl (C=O) groups is 1. The zero-order valence-electron chi connectivity index (χ0n) is 13.3. The van der Waals surface area contributed by atoms with Crippen molar-refractivity contribution in [2.45, 2.75) is 6.42 Å². The summed E-state index contributed by atoms with van der Waals surface area (Å²) in [7, 11) is -1.37. The molecular formula is C16H22N2O4S. The Bertz CT molecular complexity index is 664. The number of anilines is 1. The van der Waals surface area contributed by atoms with Crippen LogP contribution in [0, 0.1) is 5.92 Å². The van der Waals surface area contributed by atoms with E-state index in [0.717, 1.165) is 24.5 Å². The normalized spacial score (nSPS) is 23.8. The maximum absolute atomic E-state index is 12.4. The highest BCUT2D eigenvalue weighted by Gasteiger charge is 2.36. The van der Waals surface area contributed by atoms with Crippen LogP contribution in [-0.2, 0) is 14.6 Å². The molecule has 23 heavy (non-hydrogen) atoms. The number of carbonyl (C=O) groups excluding carboxylic acids is 1. The van der Waals surface area contributed by atoms with Crippen LogP contribution in [0.1, 0.15) is 6.42 Å². The molecular weight excluding hydrogens is 316 g/mol. The number of methoxy groups -OCH3 is 1. The molecule has 0 saturated carbocycles. The van der Waals surface area contributed by atoms with E-state index in [0.29, 0.717) is 19.5 Å². The van der Waals surface area contributed by atoms with Gasteiger partial charge in [-0.1, -0.05) is 0 Å². The van der Waals surface area contributed by atoms with Crippen LogP contribution < -0.4 is 9.64 Å². The number of amides is 1. The standard InChI is InChI=1S/C16H22N2O4S/c1-22-15-4-2-14(3-5-15)17-7-9-18(10-8-17)16(19)13-6-11-23(20,21)12-13/h2-5,13H,6-12H2,1H3/t13-/m1/s1. The summed E-state index contributed by atoms with van der Waals surface area (Å²) < 4.78 is 28.2. The molecule has 0 unspecified atom stereocenters. The lowest BCUT2D eigenvalue weighted by atomic mass is 10.1. The monoisotopic (exact) mass is 338 g/mol. The van der Waals surface area contributed by atoms with Gasteiger partial charge in [0.25, 0.3) is 0 Å². The Balaban J connectivity index is 1.56. The van der Waals surface area contributed by atoms with E-state index in [2.05, 4.69) is 4.90 Å². The van der Waals surface area contributed by atoms with Gasteiger partial charge in [-0.25, -0.2) is 8.42 Å².